The lowest BCUT2D eigenvalue weighted by Crippen LogP contribution is -2.07. The van der Waals surface area contributed by atoms with E-state index in [-0.39, 0.29) is 11.1 Å². The summed E-state index contributed by atoms with van der Waals surface area (Å²) in [6.07, 6.45) is 0. The van der Waals surface area contributed by atoms with Crippen LogP contribution in [0.4, 0.5) is 0 Å². The van der Waals surface area contributed by atoms with Gasteiger partial charge in [0.2, 0.25) is 0 Å². The molecule has 13 heavy (non-hydrogen) atoms. The second kappa shape index (κ2) is 3.91. The largest absolute Gasteiger partial charge is 0.478 e. The van der Waals surface area contributed by atoms with Crippen molar-refractivity contribution in [3.05, 3.63) is 35.4 Å². The van der Waals surface area contributed by atoms with Gasteiger partial charge in [-0.05, 0) is 12.1 Å². The maximum atomic E-state index is 10.9. The summed E-state index contributed by atoms with van der Waals surface area (Å²) in [6, 6.07) is 5.66. The molecule has 1 N–H and O–H groups in total. The van der Waals surface area contributed by atoms with Gasteiger partial charge in [0.25, 0.3) is 0 Å². The number of hydrogen-bond acceptors (Lipinski definition) is 3. The Morgan fingerprint density at radius 3 is 2.23 bits per heavy atom. The number of carbonyl (C=O) groups excluding carboxylic acids is 1. The minimum absolute atomic E-state index is 0.0648. The highest BCUT2D eigenvalue weighted by atomic mass is 35.5. The summed E-state index contributed by atoms with van der Waals surface area (Å²) in [7, 11) is 0. The highest BCUT2D eigenvalue weighted by molar-refractivity contribution is 6.17. The van der Waals surface area contributed by atoms with Crippen molar-refractivity contribution in [2.24, 2.45) is 0 Å². The molecule has 4 nitrogen and oxygen atoms in total. The Kier molecular flexibility index (Phi) is 2.87. The van der Waals surface area contributed by atoms with Crippen molar-refractivity contribution in [3.63, 3.8) is 0 Å². The first-order valence-corrected chi connectivity index (χ1v) is 3.63. The fourth-order valence-electron chi connectivity index (χ4n) is 0.889. The molecule has 0 aliphatic heterocycles. The second-order valence-corrected chi connectivity index (χ2v) is 2.37. The monoisotopic (exact) mass is 200 g/mol. The molecule has 0 unspecified atom stereocenters. The van der Waals surface area contributed by atoms with E-state index >= 15 is 0 Å². The van der Waals surface area contributed by atoms with Gasteiger partial charge in [-0.1, -0.05) is 12.1 Å². The van der Waals surface area contributed by atoms with Gasteiger partial charge in [0.15, 0.2) is 0 Å². The van der Waals surface area contributed by atoms with Gasteiger partial charge in [-0.15, -0.1) is 0 Å². The number of aromatic carboxylic acids is 1. The number of halogens is 1. The van der Waals surface area contributed by atoms with Gasteiger partial charge in [0.1, 0.15) is 11.9 Å². The van der Waals surface area contributed by atoms with Gasteiger partial charge < -0.3 is 9.40 Å². The van der Waals surface area contributed by atoms with Gasteiger partial charge in [0.05, 0.1) is 11.1 Å². The molecule has 0 saturated carbocycles. The van der Waals surface area contributed by atoms with Crippen molar-refractivity contribution in [2.45, 2.75) is 0 Å². The quantitative estimate of drug-likeness (QED) is 0.789. The normalized spacial score (nSPS) is 9.31. The van der Waals surface area contributed by atoms with E-state index in [1.54, 1.807) is 0 Å². The molecule has 1 rings (SSSR count). The lowest BCUT2D eigenvalue weighted by Gasteiger charge is -2.00. The van der Waals surface area contributed by atoms with Gasteiger partial charge in [-0.2, -0.15) is 0 Å². The van der Waals surface area contributed by atoms with Gasteiger partial charge in [-0.3, -0.25) is 0 Å². The minimum Gasteiger partial charge on any atom is -0.478 e. The van der Waals surface area contributed by atoms with Crippen molar-refractivity contribution in [1.82, 2.24) is 0 Å². The van der Waals surface area contributed by atoms with E-state index in [4.69, 9.17) is 17.0 Å². The number of hydrogen-bond donors (Lipinski definition) is 1. The van der Waals surface area contributed by atoms with Crippen LogP contribution in [0.2, 0.25) is 0 Å². The topological polar surface area (TPSA) is 63.6 Å². The summed E-state index contributed by atoms with van der Waals surface area (Å²) >= 11 is 4.82. The fraction of sp³-hybridized carbons (Fsp3) is 0. The first-order valence-electron chi connectivity index (χ1n) is 3.32. The SMILES string of the molecule is O=C(O)c1ccccc1C(=O)OCl. The van der Waals surface area contributed by atoms with Crippen LogP contribution >= 0.6 is 11.9 Å². The molecule has 0 aromatic heterocycles. The summed E-state index contributed by atoms with van der Waals surface area (Å²) in [5, 5.41) is 8.66. The van der Waals surface area contributed by atoms with Crippen LogP contribution in [0.1, 0.15) is 20.7 Å². The van der Waals surface area contributed by atoms with E-state index in [1.165, 1.54) is 24.3 Å². The van der Waals surface area contributed by atoms with E-state index in [2.05, 4.69) is 4.29 Å². The van der Waals surface area contributed by atoms with Crippen molar-refractivity contribution < 1.29 is 19.0 Å². The summed E-state index contributed by atoms with van der Waals surface area (Å²) in [6.45, 7) is 0. The molecule has 0 spiro atoms. The zero-order chi connectivity index (χ0) is 9.84. The van der Waals surface area contributed by atoms with Crippen molar-refractivity contribution in [3.8, 4) is 0 Å². The molecule has 0 bridgehead atoms. The Balaban J connectivity index is 3.19. The molecule has 0 aliphatic carbocycles. The zero-order valence-electron chi connectivity index (χ0n) is 6.36. The van der Waals surface area contributed by atoms with Crippen LogP contribution in [-0.4, -0.2) is 17.0 Å². The van der Waals surface area contributed by atoms with Gasteiger partial charge in [-0.25, -0.2) is 9.59 Å². The Hall–Kier alpha value is -1.55. The lowest BCUT2D eigenvalue weighted by atomic mass is 10.1. The zero-order valence-corrected chi connectivity index (χ0v) is 7.12. The minimum atomic E-state index is -1.20. The molecule has 68 valence electrons. The van der Waals surface area contributed by atoms with Crippen LogP contribution in [0.3, 0.4) is 0 Å². The standard InChI is InChI=1S/C8H5ClO4/c9-13-8(12)6-4-2-1-3-5(6)7(10)11/h1-4H,(H,10,11). The van der Waals surface area contributed by atoms with E-state index in [0.717, 1.165) is 0 Å². The summed E-state index contributed by atoms with van der Waals surface area (Å²) in [5.74, 6) is -2.07. The number of benzene rings is 1. The Bertz CT molecular complexity index is 348. The second-order valence-electron chi connectivity index (χ2n) is 2.22. The fourth-order valence-corrected chi connectivity index (χ4v) is 0.972. The number of rotatable bonds is 2. The van der Waals surface area contributed by atoms with Crippen molar-refractivity contribution >= 4 is 23.8 Å². The molecule has 0 amide bonds. The smallest absolute Gasteiger partial charge is 0.357 e. The van der Waals surface area contributed by atoms with Crippen LogP contribution in [0.15, 0.2) is 24.3 Å². The van der Waals surface area contributed by atoms with E-state index in [0.29, 0.717) is 0 Å². The Morgan fingerprint density at radius 1 is 1.23 bits per heavy atom. The summed E-state index contributed by atoms with van der Waals surface area (Å²) in [5.41, 5.74) is -0.196. The maximum Gasteiger partial charge on any atom is 0.357 e. The molecule has 0 heterocycles. The Labute approximate surface area is 78.9 Å². The number of carbonyl (C=O) groups is 2. The average molecular weight is 201 g/mol. The molecule has 5 heteroatoms. The number of carboxylic acids is 1. The first kappa shape index (κ1) is 9.54. The highest BCUT2D eigenvalue weighted by Gasteiger charge is 2.16. The van der Waals surface area contributed by atoms with E-state index < -0.39 is 11.9 Å². The summed E-state index contributed by atoms with van der Waals surface area (Å²) < 4.78 is 3.90. The summed E-state index contributed by atoms with van der Waals surface area (Å²) in [4.78, 5) is 21.5. The molecule has 0 aliphatic rings. The molecule has 0 atom stereocenters. The van der Waals surface area contributed by atoms with Crippen molar-refractivity contribution in [1.29, 1.82) is 0 Å². The van der Waals surface area contributed by atoms with Gasteiger partial charge >= 0.3 is 11.9 Å². The van der Waals surface area contributed by atoms with Crippen LogP contribution in [0.25, 0.3) is 0 Å². The molecular formula is C8H5ClO4. The van der Waals surface area contributed by atoms with Crippen LogP contribution < -0.4 is 0 Å². The molecule has 0 radical (unpaired) electrons. The first-order chi connectivity index (χ1) is 6.16. The average Bonchev–Trinajstić information content (AvgIpc) is 2.16. The third-order valence-electron chi connectivity index (χ3n) is 1.45. The number of carboxylic acid groups (broad SMARTS) is 1. The van der Waals surface area contributed by atoms with Crippen LogP contribution in [-0.2, 0) is 4.29 Å². The molecule has 1 aromatic rings. The highest BCUT2D eigenvalue weighted by Crippen LogP contribution is 2.10. The third kappa shape index (κ3) is 1.97. The van der Waals surface area contributed by atoms with E-state index in [9.17, 15) is 9.59 Å². The Morgan fingerprint density at radius 2 is 1.77 bits per heavy atom. The molecule has 0 saturated heterocycles. The van der Waals surface area contributed by atoms with Crippen LogP contribution in [0.5, 0.6) is 0 Å². The van der Waals surface area contributed by atoms with Crippen molar-refractivity contribution in [2.75, 3.05) is 0 Å². The van der Waals surface area contributed by atoms with E-state index in [1.807, 2.05) is 0 Å². The van der Waals surface area contributed by atoms with Gasteiger partial charge in [0, 0.05) is 0 Å². The maximum absolute atomic E-state index is 10.9. The predicted molar refractivity (Wildman–Crippen MR) is 44.7 cm³/mol. The molecule has 1 aromatic carbocycles. The third-order valence-corrected chi connectivity index (χ3v) is 1.59. The lowest BCUT2D eigenvalue weighted by molar-refractivity contribution is 0.0672. The molecular weight excluding hydrogens is 196 g/mol. The predicted octanol–water partition coefficient (Wildman–Crippen LogP) is 1.70. The molecule has 0 fully saturated rings. The van der Waals surface area contributed by atoms with Crippen LogP contribution in [0, 0.1) is 0 Å².